The Labute approximate surface area is 235 Å². The number of rotatable bonds is 7. The third-order valence-corrected chi connectivity index (χ3v) is 8.63. The summed E-state index contributed by atoms with van der Waals surface area (Å²) < 4.78 is 29.6. The number of carbonyl (C=O) groups is 2. The number of fused-ring (bicyclic) bond motifs is 1. The maximum Gasteiger partial charge on any atom is 0.324 e. The van der Waals surface area contributed by atoms with E-state index in [4.69, 9.17) is 23.2 Å². The maximum absolute atomic E-state index is 13.5. The fraction of sp³-hybridized carbons (Fsp3) is 0.185. The molecular weight excluding hydrogens is 563 g/mol. The number of amides is 1. The molecule has 0 bridgehead atoms. The summed E-state index contributed by atoms with van der Waals surface area (Å²) in [5.74, 6) is -1.36. The number of halogens is 2. The Morgan fingerprint density at radius 1 is 0.949 bits per heavy atom. The minimum atomic E-state index is -4.30. The zero-order valence-corrected chi connectivity index (χ0v) is 22.9. The van der Waals surface area contributed by atoms with Gasteiger partial charge in [-0.2, -0.15) is 0 Å². The smallest absolute Gasteiger partial charge is 0.324 e. The van der Waals surface area contributed by atoms with Crippen molar-refractivity contribution < 1.29 is 23.1 Å². The standard InChI is InChI=1S/C27H24Cl2N4O5S/c28-20-14-21(29)16-24(15-20)39(37,38)33(17-26(34)35)23-4-5-25-18(12-23)6-9-32(25)22-3-1-2-19(13-22)27(36)31-10-7-30-8-11-31/h1-6,9,12-16,30H,7-8,10-11,17H2,(H,34,35). The number of nitrogens with zero attached hydrogens (tertiary/aromatic N) is 3. The molecule has 0 atom stereocenters. The number of carbonyl (C=O) groups excluding carboxylic acids is 1. The van der Waals surface area contributed by atoms with Gasteiger partial charge in [0.1, 0.15) is 6.54 Å². The second-order valence-corrected chi connectivity index (χ2v) is 11.8. The summed E-state index contributed by atoms with van der Waals surface area (Å²) in [6.45, 7) is 2.02. The Bertz CT molecular complexity index is 1660. The van der Waals surface area contributed by atoms with Gasteiger partial charge in [-0.05, 0) is 60.7 Å². The lowest BCUT2D eigenvalue weighted by atomic mass is 10.1. The van der Waals surface area contributed by atoms with Crippen molar-refractivity contribution >= 4 is 61.7 Å². The Morgan fingerprint density at radius 2 is 1.67 bits per heavy atom. The topological polar surface area (TPSA) is 112 Å². The molecule has 1 amide bonds. The highest BCUT2D eigenvalue weighted by Crippen LogP contribution is 2.31. The van der Waals surface area contributed by atoms with Crippen molar-refractivity contribution in [2.24, 2.45) is 0 Å². The Kier molecular flexibility index (Phi) is 7.55. The van der Waals surface area contributed by atoms with Gasteiger partial charge in [0, 0.05) is 59.1 Å². The van der Waals surface area contributed by atoms with E-state index in [1.165, 1.54) is 18.2 Å². The lowest BCUT2D eigenvalue weighted by Crippen LogP contribution is -2.46. The van der Waals surface area contributed by atoms with Gasteiger partial charge in [-0.1, -0.05) is 29.3 Å². The number of benzene rings is 3. The quantitative estimate of drug-likeness (QED) is 0.334. The van der Waals surface area contributed by atoms with Crippen LogP contribution < -0.4 is 9.62 Å². The third kappa shape index (κ3) is 5.60. The van der Waals surface area contributed by atoms with E-state index in [0.29, 0.717) is 24.0 Å². The zero-order valence-electron chi connectivity index (χ0n) is 20.5. The van der Waals surface area contributed by atoms with Crippen LogP contribution >= 0.6 is 23.2 Å². The average molecular weight is 587 g/mol. The van der Waals surface area contributed by atoms with Crippen molar-refractivity contribution in [3.63, 3.8) is 0 Å². The number of aromatic nitrogens is 1. The average Bonchev–Trinajstić information content (AvgIpc) is 3.34. The maximum atomic E-state index is 13.5. The zero-order chi connectivity index (χ0) is 27.7. The van der Waals surface area contributed by atoms with Gasteiger partial charge in [0.25, 0.3) is 15.9 Å². The molecule has 5 rings (SSSR count). The Balaban J connectivity index is 1.51. The van der Waals surface area contributed by atoms with Crippen molar-refractivity contribution in [2.45, 2.75) is 4.90 Å². The summed E-state index contributed by atoms with van der Waals surface area (Å²) in [6.07, 6.45) is 1.82. The number of hydrogen-bond donors (Lipinski definition) is 2. The predicted octanol–water partition coefficient (Wildman–Crippen LogP) is 4.26. The molecule has 0 unspecified atom stereocenters. The normalized spacial score (nSPS) is 13.9. The van der Waals surface area contributed by atoms with Crippen LogP contribution in [-0.2, 0) is 14.8 Å². The van der Waals surface area contributed by atoms with Crippen LogP contribution in [0.4, 0.5) is 5.69 Å². The highest BCUT2D eigenvalue weighted by atomic mass is 35.5. The van der Waals surface area contributed by atoms with Gasteiger partial charge in [-0.3, -0.25) is 13.9 Å². The van der Waals surface area contributed by atoms with Crippen molar-refractivity contribution in [1.29, 1.82) is 0 Å². The van der Waals surface area contributed by atoms with Gasteiger partial charge >= 0.3 is 5.97 Å². The molecule has 0 spiro atoms. The molecule has 1 aliphatic rings. The molecule has 0 radical (unpaired) electrons. The first kappa shape index (κ1) is 27.0. The van der Waals surface area contributed by atoms with Gasteiger partial charge in [-0.25, -0.2) is 8.42 Å². The highest BCUT2D eigenvalue weighted by Gasteiger charge is 2.28. The summed E-state index contributed by atoms with van der Waals surface area (Å²) in [7, 11) is -4.30. The molecule has 0 aliphatic carbocycles. The molecule has 3 aromatic carbocycles. The van der Waals surface area contributed by atoms with Gasteiger partial charge in [0.05, 0.1) is 16.1 Å². The molecular formula is C27H24Cl2N4O5S. The van der Waals surface area contributed by atoms with Crippen LogP contribution in [0.2, 0.25) is 10.0 Å². The largest absolute Gasteiger partial charge is 0.480 e. The van der Waals surface area contributed by atoms with Crippen LogP contribution in [0.5, 0.6) is 0 Å². The van der Waals surface area contributed by atoms with E-state index in [9.17, 15) is 23.1 Å². The molecule has 4 aromatic rings. The van der Waals surface area contributed by atoms with Crippen LogP contribution in [0.25, 0.3) is 16.6 Å². The lowest BCUT2D eigenvalue weighted by molar-refractivity contribution is -0.135. The molecule has 0 saturated carbocycles. The van der Waals surface area contributed by atoms with E-state index >= 15 is 0 Å². The summed E-state index contributed by atoms with van der Waals surface area (Å²) >= 11 is 12.0. The van der Waals surface area contributed by atoms with Crippen LogP contribution in [-0.4, -0.2) is 67.6 Å². The summed E-state index contributed by atoms with van der Waals surface area (Å²) in [6, 6.07) is 17.8. The van der Waals surface area contributed by atoms with Gasteiger partial charge in [-0.15, -0.1) is 0 Å². The van der Waals surface area contributed by atoms with Crippen LogP contribution in [0.15, 0.2) is 77.8 Å². The minimum Gasteiger partial charge on any atom is -0.480 e. The molecule has 1 aromatic heterocycles. The molecule has 1 aliphatic heterocycles. The van der Waals surface area contributed by atoms with Gasteiger partial charge < -0.3 is 19.9 Å². The first-order chi connectivity index (χ1) is 18.6. The molecule has 39 heavy (non-hydrogen) atoms. The van der Waals surface area contributed by atoms with E-state index in [1.807, 2.05) is 33.9 Å². The fourth-order valence-corrected chi connectivity index (χ4v) is 6.73. The molecule has 1 fully saturated rings. The van der Waals surface area contributed by atoms with Gasteiger partial charge in [0.2, 0.25) is 0 Å². The fourth-order valence-electron chi connectivity index (χ4n) is 4.59. The summed E-state index contributed by atoms with van der Waals surface area (Å²) in [4.78, 5) is 26.3. The van der Waals surface area contributed by atoms with Gasteiger partial charge in [0.15, 0.2) is 0 Å². The number of carboxylic acids is 1. The lowest BCUT2D eigenvalue weighted by Gasteiger charge is -2.27. The van der Waals surface area contributed by atoms with Crippen LogP contribution in [0, 0.1) is 0 Å². The van der Waals surface area contributed by atoms with Crippen LogP contribution in [0.1, 0.15) is 10.4 Å². The second-order valence-electron chi connectivity index (χ2n) is 9.03. The monoisotopic (exact) mass is 586 g/mol. The number of aliphatic carboxylic acids is 1. The first-order valence-corrected chi connectivity index (χ1v) is 14.3. The van der Waals surface area contributed by atoms with E-state index in [1.54, 1.807) is 30.3 Å². The van der Waals surface area contributed by atoms with Crippen molar-refractivity contribution in [3.05, 3.63) is 88.5 Å². The molecule has 12 heteroatoms. The first-order valence-electron chi connectivity index (χ1n) is 12.1. The number of anilines is 1. The number of carboxylic acid groups (broad SMARTS) is 1. The van der Waals surface area contributed by atoms with Crippen molar-refractivity contribution in [2.75, 3.05) is 37.0 Å². The summed E-state index contributed by atoms with van der Waals surface area (Å²) in [5, 5.41) is 13.6. The second kappa shape index (κ2) is 10.9. The summed E-state index contributed by atoms with van der Waals surface area (Å²) in [5.41, 5.74) is 2.26. The highest BCUT2D eigenvalue weighted by molar-refractivity contribution is 7.92. The molecule has 1 saturated heterocycles. The SMILES string of the molecule is O=C(O)CN(c1ccc2c(ccn2-c2cccc(C(=O)N3CCNCC3)c2)c1)S(=O)(=O)c1cc(Cl)cc(Cl)c1. The van der Waals surface area contributed by atoms with E-state index in [0.717, 1.165) is 28.6 Å². The minimum absolute atomic E-state index is 0.0345. The van der Waals surface area contributed by atoms with Crippen molar-refractivity contribution in [3.8, 4) is 5.69 Å². The van der Waals surface area contributed by atoms with E-state index in [-0.39, 0.29) is 26.5 Å². The molecule has 9 nitrogen and oxygen atoms in total. The molecule has 202 valence electrons. The predicted molar refractivity (Wildman–Crippen MR) is 151 cm³/mol. The third-order valence-electron chi connectivity index (χ3n) is 6.44. The van der Waals surface area contributed by atoms with Crippen LogP contribution in [0.3, 0.4) is 0 Å². The van der Waals surface area contributed by atoms with E-state index in [2.05, 4.69) is 5.32 Å². The Hall–Kier alpha value is -3.57. The number of piperazine rings is 1. The molecule has 2 N–H and O–H groups in total. The number of nitrogens with one attached hydrogen (secondary N) is 1. The Morgan fingerprint density at radius 3 is 2.36 bits per heavy atom. The van der Waals surface area contributed by atoms with Crippen molar-refractivity contribution in [1.82, 2.24) is 14.8 Å². The van der Waals surface area contributed by atoms with E-state index < -0.39 is 22.5 Å². The number of hydrogen-bond acceptors (Lipinski definition) is 5. The number of sulfonamides is 1. The molecule has 2 heterocycles.